The number of alkyl halides is 3. The van der Waals surface area contributed by atoms with E-state index in [1.165, 1.54) is 24.4 Å². The zero-order valence-electron chi connectivity index (χ0n) is 11.9. The molecule has 1 atom stereocenters. The minimum absolute atomic E-state index is 0. The monoisotopic (exact) mass is 346 g/mol. The molecule has 124 valence electrons. The third-order valence-electron chi connectivity index (χ3n) is 3.91. The van der Waals surface area contributed by atoms with Crippen molar-refractivity contribution in [3.8, 4) is 11.4 Å². The zero-order chi connectivity index (χ0) is 15.9. The molecule has 0 aliphatic carbocycles. The van der Waals surface area contributed by atoms with Gasteiger partial charge in [0.05, 0.1) is 11.5 Å². The Bertz CT molecular complexity index is 728. The summed E-state index contributed by atoms with van der Waals surface area (Å²) in [5.41, 5.74) is -0.0161. The first kappa shape index (κ1) is 17.3. The summed E-state index contributed by atoms with van der Waals surface area (Å²) in [7, 11) is 0. The van der Waals surface area contributed by atoms with E-state index in [1.54, 1.807) is 4.57 Å². The number of carbonyl (C=O) groups is 1. The van der Waals surface area contributed by atoms with Gasteiger partial charge in [0.15, 0.2) is 0 Å². The van der Waals surface area contributed by atoms with Crippen LogP contribution < -0.4 is 0 Å². The second-order valence-corrected chi connectivity index (χ2v) is 5.30. The van der Waals surface area contributed by atoms with Crippen molar-refractivity contribution in [2.24, 2.45) is 5.92 Å². The Morgan fingerprint density at radius 3 is 2.65 bits per heavy atom. The molecule has 1 aliphatic heterocycles. The number of fused-ring (bicyclic) bond motifs is 1. The van der Waals surface area contributed by atoms with Gasteiger partial charge in [-0.1, -0.05) is 18.2 Å². The zero-order valence-corrected chi connectivity index (χ0v) is 12.7. The summed E-state index contributed by atoms with van der Waals surface area (Å²) in [5, 5.41) is 9.13. The molecule has 0 spiro atoms. The summed E-state index contributed by atoms with van der Waals surface area (Å²) in [4.78, 5) is 15.3. The van der Waals surface area contributed by atoms with Crippen molar-refractivity contribution >= 4 is 18.4 Å². The van der Waals surface area contributed by atoms with Gasteiger partial charge in [0, 0.05) is 24.0 Å². The topological polar surface area (TPSA) is 55.1 Å². The van der Waals surface area contributed by atoms with Crippen molar-refractivity contribution < 1.29 is 23.1 Å². The number of halogens is 4. The van der Waals surface area contributed by atoms with Crippen LogP contribution in [0.3, 0.4) is 0 Å². The van der Waals surface area contributed by atoms with E-state index in [1.807, 2.05) is 0 Å². The first-order valence-electron chi connectivity index (χ1n) is 6.81. The van der Waals surface area contributed by atoms with Crippen LogP contribution in [0.25, 0.3) is 11.4 Å². The number of benzene rings is 1. The van der Waals surface area contributed by atoms with Crippen LogP contribution in [-0.2, 0) is 23.9 Å². The molecule has 2 aromatic rings. The molecular formula is C15H14ClF3N2O2. The predicted octanol–water partition coefficient (Wildman–Crippen LogP) is 3.64. The SMILES string of the molecule is Cl.O=C(O)C1CCc2cnc(-c3ccccc3C(F)(F)F)n2C1. The van der Waals surface area contributed by atoms with Crippen molar-refractivity contribution in [3.63, 3.8) is 0 Å². The predicted molar refractivity (Wildman–Crippen MR) is 79.4 cm³/mol. The number of rotatable bonds is 2. The molecule has 8 heteroatoms. The Morgan fingerprint density at radius 2 is 2.00 bits per heavy atom. The van der Waals surface area contributed by atoms with Crippen LogP contribution in [-0.4, -0.2) is 20.6 Å². The highest BCUT2D eigenvalue weighted by Crippen LogP contribution is 2.37. The Balaban J connectivity index is 0.00000192. The van der Waals surface area contributed by atoms with Gasteiger partial charge in [-0.15, -0.1) is 12.4 Å². The van der Waals surface area contributed by atoms with Crippen molar-refractivity contribution in [1.29, 1.82) is 0 Å². The molecule has 0 saturated heterocycles. The highest BCUT2D eigenvalue weighted by Gasteiger charge is 2.35. The number of carboxylic acids is 1. The Labute approximate surface area is 136 Å². The minimum Gasteiger partial charge on any atom is -0.481 e. The number of hydrogen-bond donors (Lipinski definition) is 1. The molecule has 0 saturated carbocycles. The van der Waals surface area contributed by atoms with Crippen molar-refractivity contribution in [3.05, 3.63) is 41.7 Å². The van der Waals surface area contributed by atoms with Crippen LogP contribution in [0.4, 0.5) is 13.2 Å². The quantitative estimate of drug-likeness (QED) is 0.903. The lowest BCUT2D eigenvalue weighted by molar-refractivity contribution is -0.143. The highest BCUT2D eigenvalue weighted by atomic mass is 35.5. The average Bonchev–Trinajstić information content (AvgIpc) is 2.89. The molecule has 1 N–H and O–H groups in total. The second kappa shape index (κ2) is 6.23. The number of nitrogens with zero attached hydrogens (tertiary/aromatic N) is 2. The van der Waals surface area contributed by atoms with Crippen LogP contribution in [0.1, 0.15) is 17.7 Å². The van der Waals surface area contributed by atoms with E-state index < -0.39 is 23.6 Å². The highest BCUT2D eigenvalue weighted by molar-refractivity contribution is 5.85. The molecule has 1 aliphatic rings. The number of imidazole rings is 1. The van der Waals surface area contributed by atoms with E-state index in [9.17, 15) is 18.0 Å². The van der Waals surface area contributed by atoms with Crippen molar-refractivity contribution in [1.82, 2.24) is 9.55 Å². The van der Waals surface area contributed by atoms with Gasteiger partial charge >= 0.3 is 12.1 Å². The Kier molecular flexibility index (Phi) is 4.70. The summed E-state index contributed by atoms with van der Waals surface area (Å²) in [5.74, 6) is -1.36. The van der Waals surface area contributed by atoms with E-state index >= 15 is 0 Å². The van der Waals surface area contributed by atoms with Gasteiger partial charge in [0.25, 0.3) is 0 Å². The molecule has 0 bridgehead atoms. The van der Waals surface area contributed by atoms with Gasteiger partial charge in [0.2, 0.25) is 0 Å². The lowest BCUT2D eigenvalue weighted by Crippen LogP contribution is -2.26. The van der Waals surface area contributed by atoms with Crippen LogP contribution >= 0.6 is 12.4 Å². The van der Waals surface area contributed by atoms with E-state index in [4.69, 9.17) is 5.11 Å². The van der Waals surface area contributed by atoms with E-state index in [0.29, 0.717) is 12.8 Å². The summed E-state index contributed by atoms with van der Waals surface area (Å²) in [6.07, 6.45) is -1.98. The molecule has 0 fully saturated rings. The first-order valence-corrected chi connectivity index (χ1v) is 6.81. The average molecular weight is 347 g/mol. The fourth-order valence-electron chi connectivity index (χ4n) is 2.79. The third-order valence-corrected chi connectivity index (χ3v) is 3.91. The van der Waals surface area contributed by atoms with Crippen molar-refractivity contribution in [2.75, 3.05) is 0 Å². The summed E-state index contributed by atoms with van der Waals surface area (Å²) >= 11 is 0. The summed E-state index contributed by atoms with van der Waals surface area (Å²) in [6.45, 7) is 0.145. The fraction of sp³-hybridized carbons (Fsp3) is 0.333. The van der Waals surface area contributed by atoms with Gasteiger partial charge < -0.3 is 9.67 Å². The third kappa shape index (κ3) is 3.19. The van der Waals surface area contributed by atoms with E-state index in [-0.39, 0.29) is 30.3 Å². The van der Waals surface area contributed by atoms with Gasteiger partial charge in [-0.2, -0.15) is 13.2 Å². The van der Waals surface area contributed by atoms with E-state index in [0.717, 1.165) is 11.8 Å². The molecule has 3 rings (SSSR count). The largest absolute Gasteiger partial charge is 0.481 e. The molecule has 23 heavy (non-hydrogen) atoms. The molecule has 1 aromatic heterocycles. The lowest BCUT2D eigenvalue weighted by Gasteiger charge is -2.23. The van der Waals surface area contributed by atoms with Gasteiger partial charge in [-0.3, -0.25) is 4.79 Å². The molecule has 0 radical (unpaired) electrons. The molecule has 1 unspecified atom stereocenters. The maximum absolute atomic E-state index is 13.1. The standard InChI is InChI=1S/C15H13F3N2O2.ClH/c16-15(17,18)12-4-2-1-3-11(12)13-19-7-10-6-5-9(14(21)22)8-20(10)13;/h1-4,7,9H,5-6,8H2,(H,21,22);1H. The molecule has 4 nitrogen and oxygen atoms in total. The fourth-order valence-corrected chi connectivity index (χ4v) is 2.79. The number of aliphatic carboxylic acids is 1. The molecule has 1 aromatic carbocycles. The Hall–Kier alpha value is -2.02. The van der Waals surface area contributed by atoms with Crippen LogP contribution in [0.5, 0.6) is 0 Å². The minimum atomic E-state index is -4.48. The van der Waals surface area contributed by atoms with E-state index in [2.05, 4.69) is 4.98 Å². The summed E-state index contributed by atoms with van der Waals surface area (Å²) < 4.78 is 41.0. The van der Waals surface area contributed by atoms with Gasteiger partial charge in [-0.05, 0) is 18.9 Å². The van der Waals surface area contributed by atoms with Crippen LogP contribution in [0.2, 0.25) is 0 Å². The molecular weight excluding hydrogens is 333 g/mol. The smallest absolute Gasteiger partial charge is 0.417 e. The van der Waals surface area contributed by atoms with Gasteiger partial charge in [-0.25, -0.2) is 4.98 Å². The lowest BCUT2D eigenvalue weighted by atomic mass is 9.98. The number of carboxylic acid groups (broad SMARTS) is 1. The van der Waals surface area contributed by atoms with Gasteiger partial charge in [0.1, 0.15) is 5.82 Å². The second-order valence-electron chi connectivity index (χ2n) is 5.30. The van der Waals surface area contributed by atoms with Crippen molar-refractivity contribution in [2.45, 2.75) is 25.6 Å². The number of aryl methyl sites for hydroxylation is 1. The van der Waals surface area contributed by atoms with Crippen LogP contribution in [0, 0.1) is 5.92 Å². The maximum Gasteiger partial charge on any atom is 0.417 e. The molecule has 0 amide bonds. The number of aromatic nitrogens is 2. The molecule has 2 heterocycles. The van der Waals surface area contributed by atoms with Crippen LogP contribution in [0.15, 0.2) is 30.5 Å². The summed E-state index contributed by atoms with van der Waals surface area (Å²) in [6, 6.07) is 5.22. The maximum atomic E-state index is 13.1. The first-order chi connectivity index (χ1) is 10.4. The normalized spacial score (nSPS) is 17.3. The Morgan fingerprint density at radius 1 is 1.30 bits per heavy atom. The number of hydrogen-bond acceptors (Lipinski definition) is 2.